The van der Waals surface area contributed by atoms with Crippen molar-refractivity contribution in [3.8, 4) is 23.0 Å². The van der Waals surface area contributed by atoms with Gasteiger partial charge in [0.25, 0.3) is 5.91 Å². The number of para-hydroxylation sites is 2. The maximum Gasteiger partial charge on any atom is 0.254 e. The highest BCUT2D eigenvalue weighted by Gasteiger charge is 2.32. The molecule has 1 atom stereocenters. The van der Waals surface area contributed by atoms with Crippen LogP contribution in [0.15, 0.2) is 71.7 Å². The van der Waals surface area contributed by atoms with E-state index in [9.17, 15) is 4.79 Å². The summed E-state index contributed by atoms with van der Waals surface area (Å²) in [5, 5.41) is 0. The summed E-state index contributed by atoms with van der Waals surface area (Å²) in [6.45, 7) is 3.95. The Morgan fingerprint density at radius 1 is 0.941 bits per heavy atom. The van der Waals surface area contributed by atoms with Crippen molar-refractivity contribution in [3.05, 3.63) is 77.9 Å². The summed E-state index contributed by atoms with van der Waals surface area (Å²) in [4.78, 5) is 22.4. The molecule has 174 valence electrons. The zero-order chi connectivity index (χ0) is 23.7. The predicted octanol–water partition coefficient (Wildman–Crippen LogP) is 4.73. The third-order valence-corrected chi connectivity index (χ3v) is 6.24. The van der Waals surface area contributed by atoms with E-state index in [1.165, 1.54) is 0 Å². The molecule has 3 aromatic rings. The van der Waals surface area contributed by atoms with Gasteiger partial charge in [-0.15, -0.1) is 0 Å². The lowest BCUT2D eigenvalue weighted by molar-refractivity contribution is 0.0581. The molecular weight excluding hydrogens is 430 g/mol. The molecule has 0 N–H and O–H groups in total. The maximum absolute atomic E-state index is 13.2. The Labute approximate surface area is 199 Å². The van der Waals surface area contributed by atoms with Gasteiger partial charge >= 0.3 is 0 Å². The molecule has 3 aromatic carbocycles. The van der Waals surface area contributed by atoms with Gasteiger partial charge in [0.05, 0.1) is 19.8 Å². The number of benzene rings is 3. The Hall–Kier alpha value is -4.00. The van der Waals surface area contributed by atoms with Crippen LogP contribution < -0.4 is 14.2 Å². The fourth-order valence-electron chi connectivity index (χ4n) is 4.44. The van der Waals surface area contributed by atoms with Gasteiger partial charge < -0.3 is 24.0 Å². The van der Waals surface area contributed by atoms with Gasteiger partial charge in [0.15, 0.2) is 5.75 Å². The zero-order valence-electron chi connectivity index (χ0n) is 19.5. The lowest BCUT2D eigenvalue weighted by Gasteiger charge is -2.41. The molecule has 2 heterocycles. The Bertz CT molecular complexity index is 1260. The Morgan fingerprint density at radius 2 is 1.74 bits per heavy atom. The molecule has 0 unspecified atom stereocenters. The average Bonchev–Trinajstić information content (AvgIpc) is 3.04. The minimum absolute atomic E-state index is 0.00426. The number of methoxy groups -OCH3 is 2. The number of hydrogen-bond acceptors (Lipinski definition) is 6. The van der Waals surface area contributed by atoms with Crippen molar-refractivity contribution in [1.29, 1.82) is 0 Å². The molecule has 1 saturated heterocycles. The molecule has 0 aromatic heterocycles. The van der Waals surface area contributed by atoms with Gasteiger partial charge in [-0.25, -0.2) is 4.99 Å². The molecule has 7 nitrogen and oxygen atoms in total. The number of fused-ring (bicyclic) bond motifs is 2. The first-order valence-corrected chi connectivity index (χ1v) is 11.3. The summed E-state index contributed by atoms with van der Waals surface area (Å²) in [5.74, 6) is 3.68. The average molecular weight is 458 g/mol. The van der Waals surface area contributed by atoms with Crippen LogP contribution >= 0.6 is 0 Å². The highest BCUT2D eigenvalue weighted by molar-refractivity contribution is 6.04. The first kappa shape index (κ1) is 21.8. The molecule has 2 aliphatic rings. The Morgan fingerprint density at radius 3 is 2.53 bits per heavy atom. The standard InChI is InChI=1S/C27H27N3O4/c1-18-17-29(13-14-30(18)27(31)19-7-6-8-20(15-19)32-2)26-22-16-21(33-3)11-12-24(22)34-25-10-5-4-9-23(25)28-26/h4-12,15-16,18H,13-14,17H2,1-3H3/t18-/m0/s1. The smallest absolute Gasteiger partial charge is 0.254 e. The third kappa shape index (κ3) is 4.05. The van der Waals surface area contributed by atoms with E-state index in [-0.39, 0.29) is 11.9 Å². The molecule has 34 heavy (non-hydrogen) atoms. The molecule has 0 aliphatic carbocycles. The number of aliphatic imine (C=N–C) groups is 1. The number of hydrogen-bond donors (Lipinski definition) is 0. The molecule has 2 aliphatic heterocycles. The van der Waals surface area contributed by atoms with Crippen LogP contribution in [0.4, 0.5) is 5.69 Å². The van der Waals surface area contributed by atoms with Crippen molar-refractivity contribution in [2.75, 3.05) is 33.9 Å². The normalized spacial score (nSPS) is 17.0. The highest BCUT2D eigenvalue weighted by atomic mass is 16.5. The van der Waals surface area contributed by atoms with E-state index in [2.05, 4.69) is 11.8 Å². The van der Waals surface area contributed by atoms with Crippen LogP contribution in [0.1, 0.15) is 22.8 Å². The number of ether oxygens (including phenoxy) is 3. The summed E-state index contributed by atoms with van der Waals surface area (Å²) >= 11 is 0. The number of amidine groups is 1. The van der Waals surface area contributed by atoms with E-state index < -0.39 is 0 Å². The lowest BCUT2D eigenvalue weighted by Crippen LogP contribution is -2.55. The molecule has 0 saturated carbocycles. The maximum atomic E-state index is 13.2. The number of carbonyl (C=O) groups is 1. The van der Waals surface area contributed by atoms with Crippen LogP contribution in [0.3, 0.4) is 0 Å². The first-order valence-electron chi connectivity index (χ1n) is 11.3. The second kappa shape index (κ2) is 9.09. The van der Waals surface area contributed by atoms with E-state index >= 15 is 0 Å². The Balaban J connectivity index is 1.45. The first-order chi connectivity index (χ1) is 16.6. The van der Waals surface area contributed by atoms with Gasteiger partial charge in [0.2, 0.25) is 0 Å². The van der Waals surface area contributed by atoms with Crippen molar-refractivity contribution in [2.45, 2.75) is 13.0 Å². The van der Waals surface area contributed by atoms with E-state index in [1.54, 1.807) is 20.3 Å². The molecule has 0 bridgehead atoms. The van der Waals surface area contributed by atoms with Gasteiger partial charge in [-0.3, -0.25) is 4.79 Å². The number of rotatable bonds is 3. The monoisotopic (exact) mass is 457 g/mol. The SMILES string of the molecule is COc1cccc(C(=O)N2CCN(C3=Nc4ccccc4Oc4ccc(OC)cc43)C[C@@H]2C)c1. The fourth-order valence-corrected chi connectivity index (χ4v) is 4.44. The van der Waals surface area contributed by atoms with E-state index in [0.29, 0.717) is 36.7 Å². The van der Waals surface area contributed by atoms with Crippen LogP contribution in [0, 0.1) is 0 Å². The minimum Gasteiger partial charge on any atom is -0.497 e. The Kier molecular flexibility index (Phi) is 5.84. The number of amides is 1. The van der Waals surface area contributed by atoms with Crippen molar-refractivity contribution in [1.82, 2.24) is 9.80 Å². The second-order valence-electron chi connectivity index (χ2n) is 8.39. The highest BCUT2D eigenvalue weighted by Crippen LogP contribution is 2.39. The van der Waals surface area contributed by atoms with Gasteiger partial charge in [-0.05, 0) is 55.5 Å². The van der Waals surface area contributed by atoms with Crippen LogP contribution in [0.2, 0.25) is 0 Å². The van der Waals surface area contributed by atoms with Crippen molar-refractivity contribution < 1.29 is 19.0 Å². The summed E-state index contributed by atoms with van der Waals surface area (Å²) in [7, 11) is 3.25. The summed E-state index contributed by atoms with van der Waals surface area (Å²) < 4.78 is 17.0. The lowest BCUT2D eigenvalue weighted by atomic mass is 10.1. The van der Waals surface area contributed by atoms with Crippen LogP contribution in [0.25, 0.3) is 0 Å². The van der Waals surface area contributed by atoms with Gasteiger partial charge in [0.1, 0.15) is 28.8 Å². The quantitative estimate of drug-likeness (QED) is 0.569. The number of nitrogens with zero attached hydrogens (tertiary/aromatic N) is 3. The topological polar surface area (TPSA) is 63.6 Å². The van der Waals surface area contributed by atoms with Gasteiger partial charge in [-0.2, -0.15) is 0 Å². The summed E-state index contributed by atoms with van der Waals surface area (Å²) in [5.41, 5.74) is 2.27. The van der Waals surface area contributed by atoms with Crippen LogP contribution in [0.5, 0.6) is 23.0 Å². The summed E-state index contributed by atoms with van der Waals surface area (Å²) in [6, 6.07) is 20.8. The van der Waals surface area contributed by atoms with E-state index in [4.69, 9.17) is 19.2 Å². The van der Waals surface area contributed by atoms with Crippen LogP contribution in [-0.2, 0) is 0 Å². The summed E-state index contributed by atoms with van der Waals surface area (Å²) in [6.07, 6.45) is 0. The molecule has 0 spiro atoms. The third-order valence-electron chi connectivity index (χ3n) is 6.24. The molecular formula is C27H27N3O4. The van der Waals surface area contributed by atoms with Crippen molar-refractivity contribution >= 4 is 17.4 Å². The zero-order valence-corrected chi connectivity index (χ0v) is 19.5. The van der Waals surface area contributed by atoms with E-state index in [0.717, 1.165) is 28.6 Å². The van der Waals surface area contributed by atoms with Crippen molar-refractivity contribution in [3.63, 3.8) is 0 Å². The van der Waals surface area contributed by atoms with Gasteiger partial charge in [0, 0.05) is 31.2 Å². The molecule has 7 heteroatoms. The minimum atomic E-state index is -0.0105. The van der Waals surface area contributed by atoms with Crippen molar-refractivity contribution in [2.24, 2.45) is 4.99 Å². The molecule has 0 radical (unpaired) electrons. The fraction of sp³-hybridized carbons (Fsp3) is 0.259. The molecule has 1 amide bonds. The van der Waals surface area contributed by atoms with Crippen LogP contribution in [-0.4, -0.2) is 61.4 Å². The number of piperazine rings is 1. The largest absolute Gasteiger partial charge is 0.497 e. The molecule has 1 fully saturated rings. The van der Waals surface area contributed by atoms with E-state index in [1.807, 2.05) is 65.6 Å². The predicted molar refractivity (Wildman–Crippen MR) is 131 cm³/mol. The number of carbonyl (C=O) groups excluding carboxylic acids is 1. The second-order valence-corrected chi connectivity index (χ2v) is 8.39. The van der Waals surface area contributed by atoms with Gasteiger partial charge in [-0.1, -0.05) is 18.2 Å². The molecule has 5 rings (SSSR count).